The SMILES string of the molecule is Cc1ccc(C)c(OCC(O)CNCC2CC2)c1. The summed E-state index contributed by atoms with van der Waals surface area (Å²) in [7, 11) is 0. The van der Waals surface area contributed by atoms with Crippen molar-refractivity contribution in [2.24, 2.45) is 5.92 Å². The highest BCUT2D eigenvalue weighted by atomic mass is 16.5. The Morgan fingerprint density at radius 3 is 2.89 bits per heavy atom. The summed E-state index contributed by atoms with van der Waals surface area (Å²) >= 11 is 0. The van der Waals surface area contributed by atoms with Crippen molar-refractivity contribution in [2.45, 2.75) is 32.8 Å². The molecule has 1 aromatic rings. The van der Waals surface area contributed by atoms with Gasteiger partial charge in [0.15, 0.2) is 0 Å². The molecule has 0 saturated heterocycles. The van der Waals surface area contributed by atoms with E-state index in [2.05, 4.69) is 11.4 Å². The summed E-state index contributed by atoms with van der Waals surface area (Å²) in [5.41, 5.74) is 2.29. The Balaban J connectivity index is 1.70. The van der Waals surface area contributed by atoms with Gasteiger partial charge in [-0.05, 0) is 56.3 Å². The fourth-order valence-electron chi connectivity index (χ4n) is 1.88. The Bertz CT molecular complexity index is 388. The van der Waals surface area contributed by atoms with Crippen LogP contribution in [0.3, 0.4) is 0 Å². The topological polar surface area (TPSA) is 41.5 Å². The second-order valence-electron chi connectivity index (χ2n) is 5.34. The molecule has 2 N–H and O–H groups in total. The van der Waals surface area contributed by atoms with Crippen LogP contribution in [0.1, 0.15) is 24.0 Å². The zero-order chi connectivity index (χ0) is 13.0. The van der Waals surface area contributed by atoms with Crippen LogP contribution in [0.5, 0.6) is 5.75 Å². The molecule has 1 atom stereocenters. The molecule has 0 heterocycles. The maximum Gasteiger partial charge on any atom is 0.122 e. The molecule has 0 amide bonds. The summed E-state index contributed by atoms with van der Waals surface area (Å²) < 4.78 is 5.66. The van der Waals surface area contributed by atoms with Crippen LogP contribution in [-0.4, -0.2) is 30.9 Å². The number of aryl methyl sites for hydroxylation is 2. The van der Waals surface area contributed by atoms with Crippen LogP contribution in [-0.2, 0) is 0 Å². The molecule has 1 aliphatic carbocycles. The Kier molecular flexibility index (Phi) is 4.61. The van der Waals surface area contributed by atoms with Crippen molar-refractivity contribution < 1.29 is 9.84 Å². The van der Waals surface area contributed by atoms with Gasteiger partial charge in [0.05, 0.1) is 0 Å². The Morgan fingerprint density at radius 1 is 1.39 bits per heavy atom. The number of hydrogen-bond acceptors (Lipinski definition) is 3. The molecule has 3 nitrogen and oxygen atoms in total. The molecule has 1 aromatic carbocycles. The summed E-state index contributed by atoms with van der Waals surface area (Å²) in [5.74, 6) is 1.72. The van der Waals surface area contributed by atoms with Crippen LogP contribution in [0.2, 0.25) is 0 Å². The fraction of sp³-hybridized carbons (Fsp3) is 0.600. The lowest BCUT2D eigenvalue weighted by Crippen LogP contribution is -2.32. The van der Waals surface area contributed by atoms with E-state index in [1.807, 2.05) is 26.0 Å². The van der Waals surface area contributed by atoms with Gasteiger partial charge in [0.2, 0.25) is 0 Å². The summed E-state index contributed by atoms with van der Waals surface area (Å²) in [5, 5.41) is 13.1. The number of hydrogen-bond donors (Lipinski definition) is 2. The molecule has 0 bridgehead atoms. The summed E-state index contributed by atoms with van der Waals surface area (Å²) in [6.07, 6.45) is 2.23. The fourth-order valence-corrected chi connectivity index (χ4v) is 1.88. The van der Waals surface area contributed by atoms with E-state index >= 15 is 0 Å². The highest BCUT2D eigenvalue weighted by Gasteiger charge is 2.20. The smallest absolute Gasteiger partial charge is 0.122 e. The Labute approximate surface area is 109 Å². The van der Waals surface area contributed by atoms with Gasteiger partial charge in [-0.15, -0.1) is 0 Å². The predicted molar refractivity (Wildman–Crippen MR) is 73.0 cm³/mol. The molecule has 0 spiro atoms. The lowest BCUT2D eigenvalue weighted by atomic mass is 10.1. The number of aliphatic hydroxyl groups excluding tert-OH is 1. The van der Waals surface area contributed by atoms with Gasteiger partial charge in [-0.3, -0.25) is 0 Å². The minimum absolute atomic E-state index is 0.349. The molecule has 1 aliphatic rings. The summed E-state index contributed by atoms with van der Waals surface area (Å²) in [6.45, 7) is 6.05. The van der Waals surface area contributed by atoms with Gasteiger partial charge in [0.1, 0.15) is 18.5 Å². The van der Waals surface area contributed by atoms with Gasteiger partial charge in [0.25, 0.3) is 0 Å². The van der Waals surface area contributed by atoms with Crippen molar-refractivity contribution in [1.29, 1.82) is 0 Å². The van der Waals surface area contributed by atoms with Gasteiger partial charge in [-0.1, -0.05) is 12.1 Å². The van der Waals surface area contributed by atoms with Gasteiger partial charge in [-0.25, -0.2) is 0 Å². The van der Waals surface area contributed by atoms with E-state index in [4.69, 9.17) is 4.74 Å². The highest BCUT2D eigenvalue weighted by Crippen LogP contribution is 2.27. The summed E-state index contributed by atoms with van der Waals surface area (Å²) in [6, 6.07) is 6.12. The lowest BCUT2D eigenvalue weighted by molar-refractivity contribution is 0.106. The number of nitrogens with one attached hydrogen (secondary N) is 1. The molecule has 100 valence electrons. The number of ether oxygens (including phenoxy) is 1. The number of rotatable bonds is 7. The maximum atomic E-state index is 9.82. The monoisotopic (exact) mass is 249 g/mol. The van der Waals surface area contributed by atoms with Crippen LogP contribution in [0.4, 0.5) is 0 Å². The third-order valence-electron chi connectivity index (χ3n) is 3.28. The van der Waals surface area contributed by atoms with Crippen LogP contribution in [0, 0.1) is 19.8 Å². The highest BCUT2D eigenvalue weighted by molar-refractivity contribution is 5.35. The van der Waals surface area contributed by atoms with E-state index in [1.165, 1.54) is 18.4 Å². The maximum absolute atomic E-state index is 9.82. The van der Waals surface area contributed by atoms with Gasteiger partial charge in [-0.2, -0.15) is 0 Å². The third-order valence-corrected chi connectivity index (χ3v) is 3.28. The van der Waals surface area contributed by atoms with E-state index in [0.29, 0.717) is 13.2 Å². The van der Waals surface area contributed by atoms with Gasteiger partial charge in [0, 0.05) is 6.54 Å². The average molecular weight is 249 g/mol. The van der Waals surface area contributed by atoms with E-state index in [0.717, 1.165) is 23.8 Å². The van der Waals surface area contributed by atoms with Crippen LogP contribution >= 0.6 is 0 Å². The zero-order valence-corrected chi connectivity index (χ0v) is 11.3. The van der Waals surface area contributed by atoms with Crippen LogP contribution in [0.25, 0.3) is 0 Å². The number of aliphatic hydroxyl groups is 1. The predicted octanol–water partition coefficient (Wildman–Crippen LogP) is 2.04. The van der Waals surface area contributed by atoms with Crippen molar-refractivity contribution in [3.63, 3.8) is 0 Å². The molecule has 1 saturated carbocycles. The average Bonchev–Trinajstić information content (AvgIpc) is 3.14. The van der Waals surface area contributed by atoms with E-state index in [-0.39, 0.29) is 0 Å². The standard InChI is InChI=1S/C15H23NO2/c1-11-3-4-12(2)15(7-11)18-10-14(17)9-16-8-13-5-6-13/h3-4,7,13-14,16-17H,5-6,8-10H2,1-2H3. The van der Waals surface area contributed by atoms with Crippen molar-refractivity contribution in [1.82, 2.24) is 5.32 Å². The molecule has 2 rings (SSSR count). The van der Waals surface area contributed by atoms with Crippen LogP contribution in [0.15, 0.2) is 18.2 Å². The molecule has 0 radical (unpaired) electrons. The van der Waals surface area contributed by atoms with E-state index in [1.54, 1.807) is 0 Å². The first-order valence-corrected chi connectivity index (χ1v) is 6.74. The summed E-state index contributed by atoms with van der Waals surface area (Å²) in [4.78, 5) is 0. The third kappa shape index (κ3) is 4.31. The molecule has 1 unspecified atom stereocenters. The van der Waals surface area contributed by atoms with Crippen LogP contribution < -0.4 is 10.1 Å². The van der Waals surface area contributed by atoms with E-state index in [9.17, 15) is 5.11 Å². The second kappa shape index (κ2) is 6.21. The molecule has 0 aromatic heterocycles. The van der Waals surface area contributed by atoms with E-state index < -0.39 is 6.10 Å². The van der Waals surface area contributed by atoms with Crippen molar-refractivity contribution in [3.05, 3.63) is 29.3 Å². The molecule has 3 heteroatoms. The molecular weight excluding hydrogens is 226 g/mol. The normalized spacial score (nSPS) is 16.6. The quantitative estimate of drug-likeness (QED) is 0.777. The molecule has 1 fully saturated rings. The second-order valence-corrected chi connectivity index (χ2v) is 5.34. The molecular formula is C15H23NO2. The van der Waals surface area contributed by atoms with Crippen molar-refractivity contribution >= 4 is 0 Å². The Hall–Kier alpha value is -1.06. The van der Waals surface area contributed by atoms with Crippen molar-refractivity contribution in [2.75, 3.05) is 19.7 Å². The van der Waals surface area contributed by atoms with Crippen molar-refractivity contribution in [3.8, 4) is 5.75 Å². The minimum atomic E-state index is -0.441. The first-order chi connectivity index (χ1) is 8.65. The number of benzene rings is 1. The Morgan fingerprint density at radius 2 is 2.17 bits per heavy atom. The molecule has 18 heavy (non-hydrogen) atoms. The first kappa shape index (κ1) is 13.4. The lowest BCUT2D eigenvalue weighted by Gasteiger charge is -2.15. The molecule has 0 aliphatic heterocycles. The first-order valence-electron chi connectivity index (χ1n) is 6.74. The van der Waals surface area contributed by atoms with Gasteiger partial charge < -0.3 is 15.2 Å². The minimum Gasteiger partial charge on any atom is -0.491 e. The largest absolute Gasteiger partial charge is 0.491 e. The zero-order valence-electron chi connectivity index (χ0n) is 11.3. The van der Waals surface area contributed by atoms with Gasteiger partial charge >= 0.3 is 0 Å².